The van der Waals surface area contributed by atoms with Crippen molar-refractivity contribution in [3.63, 3.8) is 0 Å². The minimum atomic E-state index is -0.476. The van der Waals surface area contributed by atoms with Crippen LogP contribution in [0.4, 0.5) is 11.4 Å². The predicted octanol–water partition coefficient (Wildman–Crippen LogP) is 3.51. The number of amides is 2. The number of fused-ring (bicyclic) bond motifs is 3. The molecule has 2 aromatic carbocycles. The molecule has 0 atom stereocenters. The first-order valence-corrected chi connectivity index (χ1v) is 12.9. The fourth-order valence-corrected chi connectivity index (χ4v) is 6.26. The van der Waals surface area contributed by atoms with Crippen LogP contribution in [0, 0.1) is 0 Å². The van der Waals surface area contributed by atoms with Crippen molar-refractivity contribution in [2.24, 2.45) is 0 Å². The molecule has 2 amide bonds. The molecule has 0 aromatic heterocycles. The lowest BCUT2D eigenvalue weighted by Crippen LogP contribution is -2.51. The van der Waals surface area contributed by atoms with Crippen molar-refractivity contribution in [2.45, 2.75) is 56.1 Å². The lowest BCUT2D eigenvalue weighted by atomic mass is 9.73. The third kappa shape index (κ3) is 3.99. The van der Waals surface area contributed by atoms with Crippen molar-refractivity contribution in [3.8, 4) is 5.75 Å². The van der Waals surface area contributed by atoms with E-state index in [0.29, 0.717) is 30.9 Å². The van der Waals surface area contributed by atoms with Gasteiger partial charge in [-0.25, -0.2) is 0 Å². The lowest BCUT2D eigenvalue weighted by Gasteiger charge is -2.43. The number of rotatable bonds is 5. The Kier molecular flexibility index (Phi) is 5.74. The van der Waals surface area contributed by atoms with E-state index < -0.39 is 5.41 Å². The first-order chi connectivity index (χ1) is 16.9. The summed E-state index contributed by atoms with van der Waals surface area (Å²) in [5, 5.41) is 13.4. The Morgan fingerprint density at radius 2 is 1.89 bits per heavy atom. The third-order valence-corrected chi connectivity index (χ3v) is 8.44. The van der Waals surface area contributed by atoms with Gasteiger partial charge in [-0.05, 0) is 92.7 Å². The monoisotopic (exact) mass is 495 g/mol. The smallest absolute Gasteiger partial charge is 0.235 e. The Bertz CT molecular complexity index is 1170. The summed E-state index contributed by atoms with van der Waals surface area (Å²) in [4.78, 5) is 29.6. The van der Waals surface area contributed by atoms with Gasteiger partial charge in [-0.1, -0.05) is 11.6 Å². The number of nitrogens with zero attached hydrogens (tertiary/aromatic N) is 2. The number of benzene rings is 2. The summed E-state index contributed by atoms with van der Waals surface area (Å²) in [6.45, 7) is 3.02. The van der Waals surface area contributed by atoms with Crippen molar-refractivity contribution in [1.82, 2.24) is 4.90 Å². The Labute approximate surface area is 210 Å². The Hall–Kier alpha value is -2.61. The molecule has 6 rings (SSSR count). The number of aliphatic hydroxyl groups is 1. The molecule has 1 saturated heterocycles. The zero-order valence-corrected chi connectivity index (χ0v) is 20.4. The second-order valence-electron chi connectivity index (χ2n) is 10.2. The molecular formula is C27H30ClN3O4. The van der Waals surface area contributed by atoms with Crippen LogP contribution in [0.3, 0.4) is 0 Å². The number of carbonyl (C=O) groups excluding carboxylic acids is 2. The summed E-state index contributed by atoms with van der Waals surface area (Å²) >= 11 is 6.22. The van der Waals surface area contributed by atoms with Gasteiger partial charge >= 0.3 is 0 Å². The van der Waals surface area contributed by atoms with E-state index in [1.54, 1.807) is 0 Å². The first-order valence-electron chi connectivity index (χ1n) is 12.5. The van der Waals surface area contributed by atoms with Gasteiger partial charge in [-0.15, -0.1) is 0 Å². The topological polar surface area (TPSA) is 82.1 Å². The van der Waals surface area contributed by atoms with Crippen molar-refractivity contribution < 1.29 is 19.4 Å². The molecule has 8 heteroatoms. The van der Waals surface area contributed by atoms with Gasteiger partial charge in [0.25, 0.3) is 0 Å². The summed E-state index contributed by atoms with van der Waals surface area (Å²) in [6, 6.07) is 11.7. The van der Waals surface area contributed by atoms with E-state index >= 15 is 0 Å². The number of carbonyl (C=O) groups is 2. The Balaban J connectivity index is 1.05. The SMILES string of the molecule is O=C1CCc2cc(OCCN3CCC4(CC3)C(=O)Nc3ccc(Cl)cc34)ccc2N1[C@H]1C[C@@H](O)C1. The van der Waals surface area contributed by atoms with Crippen LogP contribution in [0.15, 0.2) is 36.4 Å². The molecule has 2 N–H and O–H groups in total. The van der Waals surface area contributed by atoms with Gasteiger partial charge in [0, 0.05) is 35.4 Å². The van der Waals surface area contributed by atoms with Crippen LogP contribution in [0.5, 0.6) is 5.75 Å². The van der Waals surface area contributed by atoms with E-state index in [1.807, 2.05) is 35.2 Å². The van der Waals surface area contributed by atoms with E-state index in [4.69, 9.17) is 16.3 Å². The average molecular weight is 496 g/mol. The standard InChI is InChI=1S/C27H30ClN3O4/c28-18-2-4-23-22(14-18)27(26(34)29-23)7-9-30(10-8-27)11-12-35-21-3-5-24-17(13-21)1-6-25(33)31(24)19-15-20(32)16-19/h2-5,13-14,19-20,32H,1,6-12,15-16H2,(H,29,34)/t19-,20+. The summed E-state index contributed by atoms with van der Waals surface area (Å²) in [5.74, 6) is 1.05. The number of likely N-dealkylation sites (tertiary alicyclic amines) is 1. The van der Waals surface area contributed by atoms with Gasteiger partial charge in [-0.3, -0.25) is 14.5 Å². The highest BCUT2D eigenvalue weighted by atomic mass is 35.5. The maximum Gasteiger partial charge on any atom is 0.235 e. The molecule has 0 bridgehead atoms. The fraction of sp³-hybridized carbons (Fsp3) is 0.481. The number of hydrogen-bond donors (Lipinski definition) is 2. The molecule has 0 unspecified atom stereocenters. The van der Waals surface area contributed by atoms with Crippen LogP contribution in [0.25, 0.3) is 0 Å². The molecular weight excluding hydrogens is 466 g/mol. The van der Waals surface area contributed by atoms with Crippen molar-refractivity contribution >= 4 is 34.8 Å². The van der Waals surface area contributed by atoms with E-state index in [9.17, 15) is 14.7 Å². The van der Waals surface area contributed by atoms with Crippen LogP contribution in [-0.4, -0.2) is 60.2 Å². The van der Waals surface area contributed by atoms with Crippen molar-refractivity contribution in [3.05, 3.63) is 52.5 Å². The molecule has 1 aliphatic carbocycles. The number of anilines is 2. The van der Waals surface area contributed by atoms with Gasteiger partial charge in [0.15, 0.2) is 0 Å². The molecule has 2 fully saturated rings. The zero-order valence-electron chi connectivity index (χ0n) is 19.6. The highest BCUT2D eigenvalue weighted by molar-refractivity contribution is 6.31. The number of ether oxygens (including phenoxy) is 1. The van der Waals surface area contributed by atoms with Crippen LogP contribution in [0.2, 0.25) is 5.02 Å². The van der Waals surface area contributed by atoms with Crippen molar-refractivity contribution in [2.75, 3.05) is 36.5 Å². The summed E-state index contributed by atoms with van der Waals surface area (Å²) in [5.41, 5.74) is 3.53. The number of halogens is 1. The third-order valence-electron chi connectivity index (χ3n) is 8.21. The van der Waals surface area contributed by atoms with Gasteiger partial charge in [-0.2, -0.15) is 0 Å². The molecule has 3 aliphatic heterocycles. The number of piperidine rings is 1. The highest BCUT2D eigenvalue weighted by Gasteiger charge is 2.48. The fourth-order valence-electron chi connectivity index (χ4n) is 6.09. The molecule has 3 heterocycles. The normalized spacial score (nSPS) is 25.1. The number of hydrogen-bond acceptors (Lipinski definition) is 5. The molecule has 35 heavy (non-hydrogen) atoms. The number of nitrogens with one attached hydrogen (secondary N) is 1. The molecule has 184 valence electrons. The maximum absolute atomic E-state index is 12.8. The van der Waals surface area contributed by atoms with Crippen molar-refractivity contribution in [1.29, 1.82) is 0 Å². The van der Waals surface area contributed by atoms with Crippen LogP contribution >= 0.6 is 11.6 Å². The molecule has 2 aromatic rings. The summed E-state index contributed by atoms with van der Waals surface area (Å²) < 4.78 is 6.08. The average Bonchev–Trinajstić information content (AvgIpc) is 3.09. The summed E-state index contributed by atoms with van der Waals surface area (Å²) in [6.07, 6.45) is 3.78. The summed E-state index contributed by atoms with van der Waals surface area (Å²) in [7, 11) is 0. The van der Waals surface area contributed by atoms with Crippen LogP contribution in [0.1, 0.15) is 43.2 Å². The minimum Gasteiger partial charge on any atom is -0.492 e. The zero-order chi connectivity index (χ0) is 24.2. The Morgan fingerprint density at radius 1 is 1.09 bits per heavy atom. The van der Waals surface area contributed by atoms with Gasteiger partial charge in [0.1, 0.15) is 12.4 Å². The first kappa shape index (κ1) is 22.8. The predicted molar refractivity (Wildman–Crippen MR) is 134 cm³/mol. The second kappa shape index (κ2) is 8.80. The quantitative estimate of drug-likeness (QED) is 0.663. The van der Waals surface area contributed by atoms with Crippen LogP contribution < -0.4 is 15.0 Å². The molecule has 4 aliphatic rings. The second-order valence-corrected chi connectivity index (χ2v) is 10.7. The van der Waals surface area contributed by atoms with E-state index in [-0.39, 0.29) is 24.0 Å². The molecule has 7 nitrogen and oxygen atoms in total. The molecule has 0 radical (unpaired) electrons. The molecule has 1 saturated carbocycles. The van der Waals surface area contributed by atoms with E-state index in [2.05, 4.69) is 16.3 Å². The van der Waals surface area contributed by atoms with Gasteiger partial charge in [0.05, 0.1) is 11.5 Å². The maximum atomic E-state index is 12.8. The molecule has 1 spiro atoms. The largest absolute Gasteiger partial charge is 0.492 e. The van der Waals surface area contributed by atoms with Crippen LogP contribution in [-0.2, 0) is 21.4 Å². The number of aliphatic hydroxyl groups excluding tert-OH is 1. The Morgan fingerprint density at radius 3 is 2.66 bits per heavy atom. The van der Waals surface area contributed by atoms with E-state index in [1.165, 1.54) is 0 Å². The van der Waals surface area contributed by atoms with Gasteiger partial charge in [0.2, 0.25) is 11.8 Å². The van der Waals surface area contributed by atoms with Gasteiger partial charge < -0.3 is 20.1 Å². The highest BCUT2D eigenvalue weighted by Crippen LogP contribution is 2.45. The number of aryl methyl sites for hydroxylation is 1. The minimum absolute atomic E-state index is 0.0867. The van der Waals surface area contributed by atoms with E-state index in [0.717, 1.165) is 67.1 Å². The lowest BCUT2D eigenvalue weighted by molar-refractivity contribution is -0.122.